The van der Waals surface area contributed by atoms with E-state index in [1.165, 1.54) is 11.1 Å². The number of ether oxygens (including phenoxy) is 3. The molecule has 9 rings (SSSR count). The molecule has 3 aromatic heterocycles. The second-order valence-corrected chi connectivity index (χ2v) is 13.1. The fourth-order valence-corrected chi connectivity index (χ4v) is 8.30. The van der Waals surface area contributed by atoms with Crippen LogP contribution < -0.4 is 14.4 Å². The van der Waals surface area contributed by atoms with Gasteiger partial charge in [0.05, 0.1) is 29.9 Å². The number of anilines is 1. The molecule has 2 atom stereocenters. The Kier molecular flexibility index (Phi) is 6.10. The molecular weight excluding hydrogens is 561 g/mol. The number of nitrogens with zero attached hydrogens (tertiary/aromatic N) is 6. The lowest BCUT2D eigenvalue weighted by Gasteiger charge is -2.31. The third-order valence-electron chi connectivity index (χ3n) is 10.3. The van der Waals surface area contributed by atoms with E-state index in [1.807, 2.05) is 0 Å². The number of rotatable bonds is 4. The zero-order chi connectivity index (χ0) is 29.4. The number of aryl methyl sites for hydroxylation is 1. The Morgan fingerprint density at radius 2 is 2.05 bits per heavy atom. The Morgan fingerprint density at radius 1 is 1.11 bits per heavy atom. The number of fused-ring (bicyclic) bond motifs is 5. The molecule has 0 amide bonds. The average molecular weight is 598 g/mol. The van der Waals surface area contributed by atoms with Crippen LogP contribution in [0, 0.1) is 5.82 Å². The molecular formula is C33H36FN7O3. The molecule has 3 fully saturated rings. The largest absolute Gasteiger partial charge is 0.475 e. The van der Waals surface area contributed by atoms with Gasteiger partial charge in [0, 0.05) is 30.6 Å². The summed E-state index contributed by atoms with van der Waals surface area (Å²) in [6, 6.07) is 2.25. The zero-order valence-electron chi connectivity index (χ0n) is 24.8. The number of pyridine rings is 1. The van der Waals surface area contributed by atoms with Crippen molar-refractivity contribution in [1.29, 1.82) is 0 Å². The molecule has 4 aliphatic heterocycles. The molecule has 3 saturated heterocycles. The molecule has 0 unspecified atom stereocenters. The number of nitrogens with one attached hydrogen (secondary N) is 1. The van der Waals surface area contributed by atoms with Gasteiger partial charge in [-0.3, -0.25) is 10.00 Å². The summed E-state index contributed by atoms with van der Waals surface area (Å²) in [7, 11) is 0. The maximum absolute atomic E-state index is 17.1. The molecule has 0 spiro atoms. The molecule has 11 heteroatoms. The first-order valence-corrected chi connectivity index (χ1v) is 16.0. The van der Waals surface area contributed by atoms with E-state index in [4.69, 9.17) is 29.2 Å². The van der Waals surface area contributed by atoms with E-state index in [1.54, 1.807) is 6.20 Å². The number of aromatic amines is 1. The van der Waals surface area contributed by atoms with Gasteiger partial charge in [0.1, 0.15) is 35.6 Å². The summed E-state index contributed by atoms with van der Waals surface area (Å²) in [5.41, 5.74) is 5.55. The van der Waals surface area contributed by atoms with Crippen molar-refractivity contribution in [2.75, 3.05) is 51.0 Å². The molecule has 228 valence electrons. The molecule has 5 aliphatic rings. The molecule has 4 aromatic rings. The summed E-state index contributed by atoms with van der Waals surface area (Å²) >= 11 is 0. The highest BCUT2D eigenvalue weighted by atomic mass is 19.1. The minimum absolute atomic E-state index is 0.0868. The number of hydrogen-bond donors (Lipinski definition) is 1. The van der Waals surface area contributed by atoms with Crippen LogP contribution in [0.4, 0.5) is 10.2 Å². The molecule has 1 N–H and O–H groups in total. The van der Waals surface area contributed by atoms with E-state index in [2.05, 4.69) is 32.6 Å². The quantitative estimate of drug-likeness (QED) is 0.334. The zero-order valence-corrected chi connectivity index (χ0v) is 24.8. The van der Waals surface area contributed by atoms with E-state index < -0.39 is 5.82 Å². The predicted molar refractivity (Wildman–Crippen MR) is 164 cm³/mol. The highest BCUT2D eigenvalue weighted by Gasteiger charge is 2.46. The Balaban J connectivity index is 1.24. The van der Waals surface area contributed by atoms with Crippen molar-refractivity contribution in [3.8, 4) is 23.1 Å². The number of hydrogen-bond acceptors (Lipinski definition) is 9. The molecule has 10 nitrogen and oxygen atoms in total. The van der Waals surface area contributed by atoms with Crippen LogP contribution in [0.15, 0.2) is 24.4 Å². The van der Waals surface area contributed by atoms with E-state index in [0.29, 0.717) is 50.1 Å². The van der Waals surface area contributed by atoms with Gasteiger partial charge in [0.2, 0.25) is 5.88 Å². The first-order chi connectivity index (χ1) is 21.6. The summed E-state index contributed by atoms with van der Waals surface area (Å²) < 4.78 is 35.9. The van der Waals surface area contributed by atoms with Gasteiger partial charge < -0.3 is 19.1 Å². The van der Waals surface area contributed by atoms with Crippen molar-refractivity contribution in [2.45, 2.75) is 62.9 Å². The Bertz CT molecular complexity index is 1820. The molecule has 7 heterocycles. The van der Waals surface area contributed by atoms with Crippen molar-refractivity contribution in [2.24, 2.45) is 0 Å². The Labute approximate surface area is 254 Å². The van der Waals surface area contributed by atoms with Crippen molar-refractivity contribution in [3.63, 3.8) is 0 Å². The molecule has 0 bridgehead atoms. The summed E-state index contributed by atoms with van der Waals surface area (Å²) in [5, 5.41) is 8.76. The summed E-state index contributed by atoms with van der Waals surface area (Å²) in [4.78, 5) is 19.3. The number of aromatic nitrogens is 5. The SMILES string of the molecule is C=C1CN2CCC[C@@]2(COc2nc3c4c(nc(-c5c6c(cc7[nH]ncc57)CCCC6)c(F)c4n2)OC[C@@H]2COCCCN32)C1. The standard InChI is InChI=1S/C33H36FN7O3/c1-19-13-33(8-4-9-40(33)15-19)18-44-32-37-29-26-30(38-32)41-10-5-11-42-16-21(41)17-43-31(26)36-28(27(29)34)25-22-7-3-2-6-20(22)12-24-23(25)14-35-39-24/h12,14,21H,1-11,13,15-18H2,(H,35,39)/t21-,33-/m0/s1. The molecule has 44 heavy (non-hydrogen) atoms. The molecule has 0 radical (unpaired) electrons. The number of benzene rings is 1. The highest BCUT2D eigenvalue weighted by Crippen LogP contribution is 2.45. The van der Waals surface area contributed by atoms with Crippen molar-refractivity contribution in [1.82, 2.24) is 30.0 Å². The van der Waals surface area contributed by atoms with E-state index >= 15 is 4.39 Å². The van der Waals surface area contributed by atoms with E-state index in [-0.39, 0.29) is 28.8 Å². The van der Waals surface area contributed by atoms with Crippen LogP contribution >= 0.6 is 0 Å². The number of H-pyrrole nitrogens is 1. The summed E-state index contributed by atoms with van der Waals surface area (Å²) in [6.07, 6.45) is 9.64. The summed E-state index contributed by atoms with van der Waals surface area (Å²) in [6.45, 7) is 8.85. The summed E-state index contributed by atoms with van der Waals surface area (Å²) in [5.74, 6) is 0.469. The van der Waals surface area contributed by atoms with Gasteiger partial charge in [0.15, 0.2) is 5.82 Å². The van der Waals surface area contributed by atoms with Gasteiger partial charge in [-0.25, -0.2) is 9.37 Å². The Hall–Kier alpha value is -3.83. The minimum atomic E-state index is -0.484. The Morgan fingerprint density at radius 3 is 3.00 bits per heavy atom. The van der Waals surface area contributed by atoms with Gasteiger partial charge >= 0.3 is 6.01 Å². The van der Waals surface area contributed by atoms with Crippen LogP contribution in [-0.2, 0) is 17.6 Å². The predicted octanol–water partition coefficient (Wildman–Crippen LogP) is 4.75. The van der Waals surface area contributed by atoms with Crippen molar-refractivity contribution >= 4 is 27.6 Å². The first kappa shape index (κ1) is 26.6. The average Bonchev–Trinajstić information content (AvgIpc) is 3.64. The fourth-order valence-electron chi connectivity index (χ4n) is 8.30. The molecule has 1 aromatic carbocycles. The maximum Gasteiger partial charge on any atom is 0.319 e. The van der Waals surface area contributed by atoms with Crippen LogP contribution in [-0.4, -0.2) is 87.7 Å². The normalized spacial score (nSPS) is 25.0. The maximum atomic E-state index is 17.1. The van der Waals surface area contributed by atoms with Gasteiger partial charge in [-0.2, -0.15) is 15.1 Å². The monoisotopic (exact) mass is 597 g/mol. The lowest BCUT2D eigenvalue weighted by molar-refractivity contribution is 0.108. The minimum Gasteiger partial charge on any atom is -0.475 e. The van der Waals surface area contributed by atoms with Crippen LogP contribution in [0.3, 0.4) is 0 Å². The fraction of sp³-hybridized carbons (Fsp3) is 0.515. The van der Waals surface area contributed by atoms with Crippen molar-refractivity contribution < 1.29 is 18.6 Å². The van der Waals surface area contributed by atoms with Crippen LogP contribution in [0.2, 0.25) is 0 Å². The first-order valence-electron chi connectivity index (χ1n) is 16.0. The van der Waals surface area contributed by atoms with Crippen molar-refractivity contribution in [3.05, 3.63) is 41.4 Å². The molecule has 0 saturated carbocycles. The van der Waals surface area contributed by atoms with Gasteiger partial charge in [0.25, 0.3) is 0 Å². The van der Waals surface area contributed by atoms with Gasteiger partial charge in [-0.15, -0.1) is 0 Å². The van der Waals surface area contributed by atoms with Gasteiger partial charge in [-0.05, 0) is 75.1 Å². The lowest BCUT2D eigenvalue weighted by Crippen LogP contribution is -2.43. The second-order valence-electron chi connectivity index (χ2n) is 13.1. The van der Waals surface area contributed by atoms with Crippen LogP contribution in [0.25, 0.3) is 33.1 Å². The highest BCUT2D eigenvalue weighted by molar-refractivity contribution is 6.01. The van der Waals surface area contributed by atoms with E-state index in [9.17, 15) is 0 Å². The number of halogens is 1. The third-order valence-corrected chi connectivity index (χ3v) is 10.3. The lowest BCUT2D eigenvalue weighted by atomic mass is 9.85. The van der Waals surface area contributed by atoms with Gasteiger partial charge in [-0.1, -0.05) is 12.2 Å². The smallest absolute Gasteiger partial charge is 0.319 e. The topological polar surface area (TPSA) is 102 Å². The second kappa shape index (κ2) is 10.1. The molecule has 1 aliphatic carbocycles. The van der Waals surface area contributed by atoms with E-state index in [0.717, 1.165) is 86.5 Å². The van der Waals surface area contributed by atoms with Crippen LogP contribution in [0.5, 0.6) is 11.9 Å². The third kappa shape index (κ3) is 4.05. The van der Waals surface area contributed by atoms with Crippen LogP contribution in [0.1, 0.15) is 49.7 Å².